The highest BCUT2D eigenvalue weighted by molar-refractivity contribution is 5.94. The first-order valence-corrected chi connectivity index (χ1v) is 5.14. The molecule has 2 rings (SSSR count). The third-order valence-electron chi connectivity index (χ3n) is 2.59. The van der Waals surface area contributed by atoms with Crippen molar-refractivity contribution >= 4 is 16.6 Å². The zero-order chi connectivity index (χ0) is 10.8. The third-order valence-corrected chi connectivity index (χ3v) is 2.59. The molecule has 0 aliphatic rings. The number of ether oxygens (including phenoxy) is 1. The van der Waals surface area contributed by atoms with E-state index in [1.165, 1.54) is 0 Å². The summed E-state index contributed by atoms with van der Waals surface area (Å²) < 4.78 is 7.51. The highest BCUT2D eigenvalue weighted by Gasteiger charge is 2.08. The van der Waals surface area contributed by atoms with Crippen molar-refractivity contribution in [3.05, 3.63) is 30.0 Å². The van der Waals surface area contributed by atoms with Crippen LogP contribution in [-0.4, -0.2) is 11.2 Å². The van der Waals surface area contributed by atoms with E-state index in [0.717, 1.165) is 28.8 Å². The van der Waals surface area contributed by atoms with Gasteiger partial charge in [0, 0.05) is 36.5 Å². The molecule has 0 fully saturated rings. The molecule has 0 atom stereocenters. The van der Waals surface area contributed by atoms with E-state index in [1.54, 1.807) is 0 Å². The molecule has 2 aromatic rings. The fraction of sp³-hybridized carbons (Fsp3) is 0.333. The molecule has 0 aliphatic heterocycles. The molecule has 3 nitrogen and oxygen atoms in total. The summed E-state index contributed by atoms with van der Waals surface area (Å²) in [5.41, 5.74) is 9.11. The molecule has 0 spiro atoms. The van der Waals surface area contributed by atoms with E-state index >= 15 is 0 Å². The van der Waals surface area contributed by atoms with Crippen molar-refractivity contribution in [2.45, 2.75) is 13.5 Å². The predicted molar refractivity (Wildman–Crippen MR) is 62.7 cm³/mol. The van der Waals surface area contributed by atoms with Gasteiger partial charge in [-0.2, -0.15) is 0 Å². The Bertz CT molecular complexity index is 474. The molecule has 0 saturated carbocycles. The van der Waals surface area contributed by atoms with Gasteiger partial charge in [0.2, 0.25) is 0 Å². The zero-order valence-corrected chi connectivity index (χ0v) is 9.16. The number of nitrogens with two attached hydrogens (primary N) is 1. The Morgan fingerprint density at radius 1 is 1.40 bits per heavy atom. The summed E-state index contributed by atoms with van der Waals surface area (Å²) in [4.78, 5) is 0. The highest BCUT2D eigenvalue weighted by Crippen LogP contribution is 2.26. The molecule has 0 radical (unpaired) electrons. The fourth-order valence-corrected chi connectivity index (χ4v) is 1.89. The second-order valence-electron chi connectivity index (χ2n) is 3.64. The molecule has 3 heteroatoms. The lowest BCUT2D eigenvalue weighted by atomic mass is 10.1. The number of aryl methyl sites for hydroxylation is 1. The van der Waals surface area contributed by atoms with Crippen LogP contribution in [0.2, 0.25) is 0 Å². The average Bonchev–Trinajstić information content (AvgIpc) is 2.55. The summed E-state index contributed by atoms with van der Waals surface area (Å²) in [7, 11) is 2.03. The van der Waals surface area contributed by atoms with Crippen LogP contribution in [0, 0.1) is 0 Å². The number of hydrogen-bond donors (Lipinski definition) is 1. The predicted octanol–water partition coefficient (Wildman–Crippen LogP) is 2.30. The van der Waals surface area contributed by atoms with E-state index in [4.69, 9.17) is 10.5 Å². The van der Waals surface area contributed by atoms with Crippen molar-refractivity contribution in [2.75, 3.05) is 12.3 Å². The number of nitrogen functional groups attached to an aromatic ring is 1. The summed E-state index contributed by atoms with van der Waals surface area (Å²) >= 11 is 0. The first-order valence-electron chi connectivity index (χ1n) is 5.14. The summed E-state index contributed by atoms with van der Waals surface area (Å²) in [6.07, 6.45) is 2.08. The Morgan fingerprint density at radius 2 is 2.20 bits per heavy atom. The Balaban J connectivity index is 2.54. The molecule has 2 N–H and O–H groups in total. The van der Waals surface area contributed by atoms with Crippen LogP contribution in [0.25, 0.3) is 10.9 Å². The zero-order valence-electron chi connectivity index (χ0n) is 9.16. The largest absolute Gasteiger partial charge is 0.398 e. The SMILES string of the molecule is CCOCc1cn(C)c2cccc(N)c12. The molecule has 0 bridgehead atoms. The van der Waals surface area contributed by atoms with E-state index in [2.05, 4.69) is 16.8 Å². The van der Waals surface area contributed by atoms with Gasteiger partial charge in [-0.05, 0) is 19.1 Å². The number of rotatable bonds is 3. The maximum atomic E-state index is 5.97. The Hall–Kier alpha value is -1.48. The number of aromatic nitrogens is 1. The second-order valence-corrected chi connectivity index (χ2v) is 3.64. The number of hydrogen-bond acceptors (Lipinski definition) is 2. The van der Waals surface area contributed by atoms with Crippen molar-refractivity contribution in [1.29, 1.82) is 0 Å². The number of fused-ring (bicyclic) bond motifs is 1. The lowest BCUT2D eigenvalue weighted by Gasteiger charge is -2.01. The van der Waals surface area contributed by atoms with Gasteiger partial charge in [-0.3, -0.25) is 0 Å². The van der Waals surface area contributed by atoms with Crippen molar-refractivity contribution in [3.8, 4) is 0 Å². The molecule has 0 aliphatic carbocycles. The van der Waals surface area contributed by atoms with E-state index in [9.17, 15) is 0 Å². The summed E-state index contributed by atoms with van der Waals surface area (Å²) in [5, 5.41) is 1.12. The van der Waals surface area contributed by atoms with Crippen LogP contribution < -0.4 is 5.73 Å². The van der Waals surface area contributed by atoms with Crippen LogP contribution in [-0.2, 0) is 18.4 Å². The maximum absolute atomic E-state index is 5.97. The molecule has 15 heavy (non-hydrogen) atoms. The van der Waals surface area contributed by atoms with Gasteiger partial charge < -0.3 is 15.0 Å². The summed E-state index contributed by atoms with van der Waals surface area (Å²) in [6, 6.07) is 5.97. The van der Waals surface area contributed by atoms with Crippen LogP contribution in [0.15, 0.2) is 24.4 Å². The first kappa shape index (κ1) is 10.1. The molecular weight excluding hydrogens is 188 g/mol. The average molecular weight is 204 g/mol. The van der Waals surface area contributed by atoms with Crippen molar-refractivity contribution in [3.63, 3.8) is 0 Å². The summed E-state index contributed by atoms with van der Waals surface area (Å²) in [5.74, 6) is 0. The van der Waals surface area contributed by atoms with Gasteiger partial charge >= 0.3 is 0 Å². The Kier molecular flexibility index (Phi) is 2.64. The van der Waals surface area contributed by atoms with Gasteiger partial charge in [0.05, 0.1) is 12.1 Å². The van der Waals surface area contributed by atoms with Crippen LogP contribution in [0.4, 0.5) is 5.69 Å². The quantitative estimate of drug-likeness (QED) is 0.779. The van der Waals surface area contributed by atoms with Gasteiger partial charge in [0.15, 0.2) is 0 Å². The maximum Gasteiger partial charge on any atom is 0.0738 e. The molecule has 1 aromatic heterocycles. The fourth-order valence-electron chi connectivity index (χ4n) is 1.89. The first-order chi connectivity index (χ1) is 7.24. The van der Waals surface area contributed by atoms with E-state index in [0.29, 0.717) is 6.61 Å². The van der Waals surface area contributed by atoms with Crippen molar-refractivity contribution in [2.24, 2.45) is 7.05 Å². The van der Waals surface area contributed by atoms with Crippen molar-refractivity contribution in [1.82, 2.24) is 4.57 Å². The normalized spacial score (nSPS) is 11.1. The molecular formula is C12H16N2O. The minimum Gasteiger partial charge on any atom is -0.398 e. The molecule has 1 aromatic carbocycles. The lowest BCUT2D eigenvalue weighted by molar-refractivity contribution is 0.135. The molecule has 0 saturated heterocycles. The molecule has 0 unspecified atom stereocenters. The van der Waals surface area contributed by atoms with Crippen LogP contribution in [0.1, 0.15) is 12.5 Å². The number of nitrogens with zero attached hydrogens (tertiary/aromatic N) is 1. The van der Waals surface area contributed by atoms with Gasteiger partial charge in [-0.15, -0.1) is 0 Å². The van der Waals surface area contributed by atoms with Gasteiger partial charge in [0.25, 0.3) is 0 Å². The topological polar surface area (TPSA) is 40.2 Å². The van der Waals surface area contributed by atoms with Gasteiger partial charge in [0.1, 0.15) is 0 Å². The summed E-state index contributed by atoms with van der Waals surface area (Å²) in [6.45, 7) is 3.35. The second kappa shape index (κ2) is 3.95. The number of benzene rings is 1. The number of anilines is 1. The van der Waals surface area contributed by atoms with E-state index in [1.807, 2.05) is 26.1 Å². The van der Waals surface area contributed by atoms with Crippen LogP contribution in [0.5, 0.6) is 0 Å². The van der Waals surface area contributed by atoms with Crippen LogP contribution in [0.3, 0.4) is 0 Å². The van der Waals surface area contributed by atoms with Crippen molar-refractivity contribution < 1.29 is 4.74 Å². The highest BCUT2D eigenvalue weighted by atomic mass is 16.5. The minimum atomic E-state index is 0.627. The molecule has 80 valence electrons. The standard InChI is InChI=1S/C12H16N2O/c1-3-15-8-9-7-14(2)11-6-4-5-10(13)12(9)11/h4-7H,3,8,13H2,1-2H3. The van der Waals surface area contributed by atoms with Crippen LogP contribution >= 0.6 is 0 Å². The van der Waals surface area contributed by atoms with E-state index in [-0.39, 0.29) is 0 Å². The van der Waals surface area contributed by atoms with E-state index < -0.39 is 0 Å². The Labute approximate surface area is 89.4 Å². The molecule has 1 heterocycles. The lowest BCUT2D eigenvalue weighted by Crippen LogP contribution is -1.92. The third kappa shape index (κ3) is 1.70. The minimum absolute atomic E-state index is 0.627. The Morgan fingerprint density at radius 3 is 2.93 bits per heavy atom. The smallest absolute Gasteiger partial charge is 0.0738 e. The monoisotopic (exact) mass is 204 g/mol. The van der Waals surface area contributed by atoms with Gasteiger partial charge in [-0.25, -0.2) is 0 Å². The van der Waals surface area contributed by atoms with Gasteiger partial charge in [-0.1, -0.05) is 6.07 Å². The molecule has 0 amide bonds.